The van der Waals surface area contributed by atoms with Gasteiger partial charge in [0.15, 0.2) is 6.23 Å². The summed E-state index contributed by atoms with van der Waals surface area (Å²) in [5.74, 6) is 0. The number of hydrogen-bond acceptors (Lipinski definition) is 5. The zero-order chi connectivity index (χ0) is 34.1. The lowest BCUT2D eigenvalue weighted by Crippen LogP contribution is -2.59. The van der Waals surface area contributed by atoms with E-state index >= 15 is 0 Å². The van der Waals surface area contributed by atoms with Crippen molar-refractivity contribution in [1.29, 1.82) is 0 Å². The van der Waals surface area contributed by atoms with Gasteiger partial charge in [0.25, 0.3) is 0 Å². The molecule has 0 aliphatic carbocycles. The highest BCUT2D eigenvalue weighted by atomic mass is 16.6. The standard InChI is InChI=1S/C44H45NO5/c1-2-32-22-24-33(25-23-32)26-37-27-45(39-21-13-12-20-38(37)39)44-43(49-31-36-18-10-5-11-19-36)42(48-30-35-16-8-4-9-17-35)41(40(28-46)50-44)47-29-34-14-6-3-7-15-34/h3-25,27,40-44,46H,2,26,28-31H2,1H3/t40-,41-,42+,43-,44?/m1/s1. The lowest BCUT2D eigenvalue weighted by molar-refractivity contribution is -0.287. The molecule has 1 saturated heterocycles. The number of rotatable bonds is 14. The first-order chi connectivity index (χ1) is 24.7. The summed E-state index contributed by atoms with van der Waals surface area (Å²) in [5, 5.41) is 12.0. The first-order valence-corrected chi connectivity index (χ1v) is 17.6. The van der Waals surface area contributed by atoms with Crippen LogP contribution in [0.3, 0.4) is 0 Å². The van der Waals surface area contributed by atoms with Crippen molar-refractivity contribution in [3.05, 3.63) is 179 Å². The van der Waals surface area contributed by atoms with Crippen LogP contribution in [0.25, 0.3) is 10.9 Å². The Labute approximate surface area is 294 Å². The highest BCUT2D eigenvalue weighted by Crippen LogP contribution is 2.38. The molecule has 0 radical (unpaired) electrons. The van der Waals surface area contributed by atoms with E-state index in [1.165, 1.54) is 16.7 Å². The lowest BCUT2D eigenvalue weighted by Gasteiger charge is -2.46. The van der Waals surface area contributed by atoms with Crippen LogP contribution in [0.4, 0.5) is 0 Å². The number of hydrogen-bond donors (Lipinski definition) is 1. The minimum atomic E-state index is -0.660. The molecule has 5 atom stereocenters. The van der Waals surface area contributed by atoms with Crippen LogP contribution in [0.1, 0.15) is 46.5 Å². The van der Waals surface area contributed by atoms with Crippen molar-refractivity contribution >= 4 is 10.9 Å². The molecule has 0 amide bonds. The Morgan fingerprint density at radius 1 is 0.560 bits per heavy atom. The molecule has 6 nitrogen and oxygen atoms in total. The van der Waals surface area contributed by atoms with Crippen LogP contribution in [0.15, 0.2) is 146 Å². The van der Waals surface area contributed by atoms with E-state index in [9.17, 15) is 5.11 Å². The van der Waals surface area contributed by atoms with Crippen molar-refractivity contribution in [2.45, 2.75) is 70.2 Å². The largest absolute Gasteiger partial charge is 0.394 e. The molecular formula is C44H45NO5. The van der Waals surface area contributed by atoms with E-state index in [-0.39, 0.29) is 6.61 Å². The first kappa shape index (κ1) is 33.9. The summed E-state index contributed by atoms with van der Waals surface area (Å²) in [5.41, 5.74) is 7.93. The fourth-order valence-electron chi connectivity index (χ4n) is 6.88. The minimum Gasteiger partial charge on any atom is -0.394 e. The van der Waals surface area contributed by atoms with Crippen molar-refractivity contribution in [2.75, 3.05) is 6.61 Å². The number of aryl methyl sites for hydroxylation is 1. The summed E-state index contributed by atoms with van der Waals surface area (Å²) >= 11 is 0. The maximum absolute atomic E-state index is 10.9. The van der Waals surface area contributed by atoms with Crippen LogP contribution < -0.4 is 0 Å². The Bertz CT molecular complexity index is 1910. The van der Waals surface area contributed by atoms with E-state index in [0.29, 0.717) is 19.8 Å². The third-order valence-corrected chi connectivity index (χ3v) is 9.57. The zero-order valence-electron chi connectivity index (χ0n) is 28.5. The van der Waals surface area contributed by atoms with Gasteiger partial charge in [0.2, 0.25) is 0 Å². The molecule has 1 fully saturated rings. The van der Waals surface area contributed by atoms with Gasteiger partial charge in [0.05, 0.1) is 31.9 Å². The van der Waals surface area contributed by atoms with Crippen LogP contribution in [-0.2, 0) is 51.6 Å². The second-order valence-corrected chi connectivity index (χ2v) is 13.0. The van der Waals surface area contributed by atoms with Gasteiger partial charge in [0, 0.05) is 11.6 Å². The highest BCUT2D eigenvalue weighted by Gasteiger charge is 2.49. The number of nitrogens with zero attached hydrogens (tertiary/aromatic N) is 1. The summed E-state index contributed by atoms with van der Waals surface area (Å²) in [7, 11) is 0. The van der Waals surface area contributed by atoms with E-state index in [2.05, 4.69) is 90.5 Å². The lowest BCUT2D eigenvalue weighted by atomic mass is 9.96. The molecule has 6 aromatic rings. The molecule has 1 aliphatic heterocycles. The fraction of sp³-hybridized carbons (Fsp3) is 0.273. The molecule has 7 rings (SSSR count). The van der Waals surface area contributed by atoms with Crippen LogP contribution in [0, 0.1) is 0 Å². The van der Waals surface area contributed by atoms with Crippen molar-refractivity contribution in [1.82, 2.24) is 4.57 Å². The number of aliphatic hydroxyl groups excluding tert-OH is 1. The number of fused-ring (bicyclic) bond motifs is 1. The van der Waals surface area contributed by atoms with Gasteiger partial charge in [-0.2, -0.15) is 0 Å². The molecule has 50 heavy (non-hydrogen) atoms. The Morgan fingerprint density at radius 3 is 1.62 bits per heavy atom. The molecule has 0 spiro atoms. The summed E-state index contributed by atoms with van der Waals surface area (Å²) in [6, 6.07) is 47.6. The second-order valence-electron chi connectivity index (χ2n) is 13.0. The van der Waals surface area contributed by atoms with Crippen molar-refractivity contribution in [3.8, 4) is 0 Å². The average molecular weight is 668 g/mol. The zero-order valence-corrected chi connectivity index (χ0v) is 28.5. The number of ether oxygens (including phenoxy) is 4. The van der Waals surface area contributed by atoms with Gasteiger partial charge in [-0.1, -0.05) is 140 Å². The molecule has 1 aromatic heterocycles. The predicted octanol–water partition coefficient (Wildman–Crippen LogP) is 8.44. The van der Waals surface area contributed by atoms with Gasteiger partial charge in [-0.15, -0.1) is 0 Å². The van der Waals surface area contributed by atoms with Gasteiger partial charge in [-0.25, -0.2) is 0 Å². The fourth-order valence-corrected chi connectivity index (χ4v) is 6.88. The third-order valence-electron chi connectivity index (χ3n) is 9.57. The van der Waals surface area contributed by atoms with Crippen molar-refractivity contribution in [2.24, 2.45) is 0 Å². The Hall–Kier alpha value is -4.56. The van der Waals surface area contributed by atoms with E-state index in [1.54, 1.807) is 0 Å². The Kier molecular flexibility index (Phi) is 11.1. The molecule has 0 bridgehead atoms. The van der Waals surface area contributed by atoms with Crippen LogP contribution >= 0.6 is 0 Å². The Morgan fingerprint density at radius 2 is 1.06 bits per heavy atom. The molecule has 2 heterocycles. The quantitative estimate of drug-likeness (QED) is 0.126. The summed E-state index contributed by atoms with van der Waals surface area (Å²) in [6.45, 7) is 3.01. The number of aliphatic hydroxyl groups is 1. The number of benzene rings is 5. The monoisotopic (exact) mass is 667 g/mol. The van der Waals surface area contributed by atoms with E-state index < -0.39 is 30.6 Å². The van der Waals surface area contributed by atoms with Crippen LogP contribution in [0.5, 0.6) is 0 Å². The number of aromatic nitrogens is 1. The van der Waals surface area contributed by atoms with E-state index in [1.807, 2.05) is 66.7 Å². The maximum Gasteiger partial charge on any atom is 0.163 e. The summed E-state index contributed by atoms with van der Waals surface area (Å²) < 4.78 is 29.4. The molecule has 256 valence electrons. The van der Waals surface area contributed by atoms with Gasteiger partial charge in [-0.05, 0) is 52.3 Å². The third kappa shape index (κ3) is 7.91. The predicted molar refractivity (Wildman–Crippen MR) is 197 cm³/mol. The SMILES string of the molecule is CCc1ccc(Cc2cn(C3O[C@H](CO)[C@@H](OCc4ccccc4)[C@H](OCc4ccccc4)[C@H]3OCc3ccccc3)c3ccccc23)cc1. The van der Waals surface area contributed by atoms with E-state index in [4.69, 9.17) is 18.9 Å². The normalized spacial score (nSPS) is 20.6. The molecule has 5 aromatic carbocycles. The van der Waals surface area contributed by atoms with Crippen molar-refractivity contribution < 1.29 is 24.1 Å². The molecule has 1 N–H and O–H groups in total. The average Bonchev–Trinajstić information content (AvgIpc) is 3.54. The smallest absolute Gasteiger partial charge is 0.163 e. The maximum atomic E-state index is 10.9. The van der Waals surface area contributed by atoms with Gasteiger partial charge < -0.3 is 28.6 Å². The van der Waals surface area contributed by atoms with Crippen LogP contribution in [-0.4, -0.2) is 40.7 Å². The van der Waals surface area contributed by atoms with Gasteiger partial charge in [-0.3, -0.25) is 0 Å². The Balaban J connectivity index is 1.28. The van der Waals surface area contributed by atoms with Gasteiger partial charge in [0.1, 0.15) is 24.4 Å². The first-order valence-electron chi connectivity index (χ1n) is 17.6. The summed E-state index contributed by atoms with van der Waals surface area (Å²) in [6.07, 6.45) is 0.981. The highest BCUT2D eigenvalue weighted by molar-refractivity contribution is 5.84. The molecule has 1 unspecified atom stereocenters. The molecule has 6 heteroatoms. The molecule has 0 saturated carbocycles. The van der Waals surface area contributed by atoms with Crippen LogP contribution in [0.2, 0.25) is 0 Å². The molecule has 1 aliphatic rings. The topological polar surface area (TPSA) is 62.1 Å². The number of para-hydroxylation sites is 1. The van der Waals surface area contributed by atoms with Gasteiger partial charge >= 0.3 is 0 Å². The minimum absolute atomic E-state index is 0.234. The van der Waals surface area contributed by atoms with Crippen molar-refractivity contribution in [3.63, 3.8) is 0 Å². The second kappa shape index (κ2) is 16.4. The molecular weight excluding hydrogens is 622 g/mol. The van der Waals surface area contributed by atoms with E-state index in [0.717, 1.165) is 40.4 Å². The summed E-state index contributed by atoms with van der Waals surface area (Å²) in [4.78, 5) is 0.